The lowest BCUT2D eigenvalue weighted by atomic mass is 10.1. The minimum Gasteiger partial charge on any atom is -0.392 e. The van der Waals surface area contributed by atoms with Gasteiger partial charge in [-0.1, -0.05) is 36.4 Å². The molecule has 2 N–H and O–H groups in total. The van der Waals surface area contributed by atoms with Crippen LogP contribution in [0.4, 0.5) is 4.39 Å². The van der Waals surface area contributed by atoms with E-state index in [2.05, 4.69) is 5.32 Å². The van der Waals surface area contributed by atoms with Gasteiger partial charge in [-0.2, -0.15) is 0 Å². The Hall–Kier alpha value is -2.46. The molecule has 0 spiro atoms. The molecule has 22 heavy (non-hydrogen) atoms. The Morgan fingerprint density at radius 2 is 1.91 bits per heavy atom. The van der Waals surface area contributed by atoms with Crippen molar-refractivity contribution in [2.45, 2.75) is 20.1 Å². The minimum atomic E-state index is -0.331. The first kappa shape index (κ1) is 15.9. The van der Waals surface area contributed by atoms with Crippen molar-refractivity contribution in [3.8, 4) is 0 Å². The Morgan fingerprint density at radius 1 is 1.18 bits per heavy atom. The number of hydrogen-bond acceptors (Lipinski definition) is 2. The molecule has 0 saturated heterocycles. The smallest absolute Gasteiger partial charge is 0.244 e. The van der Waals surface area contributed by atoms with Crippen LogP contribution < -0.4 is 5.32 Å². The molecule has 2 rings (SSSR count). The molecule has 1 amide bonds. The van der Waals surface area contributed by atoms with Crippen molar-refractivity contribution >= 4 is 11.5 Å². The molecule has 2 aromatic carbocycles. The van der Waals surface area contributed by atoms with Crippen LogP contribution in [0.25, 0.3) is 5.57 Å². The summed E-state index contributed by atoms with van der Waals surface area (Å²) in [6.07, 6.45) is 1.44. The average Bonchev–Trinajstić information content (AvgIpc) is 2.53. The van der Waals surface area contributed by atoms with E-state index in [1.54, 1.807) is 19.1 Å². The van der Waals surface area contributed by atoms with Gasteiger partial charge in [-0.25, -0.2) is 4.39 Å². The molecule has 114 valence electrons. The van der Waals surface area contributed by atoms with Crippen LogP contribution in [-0.4, -0.2) is 11.0 Å². The summed E-state index contributed by atoms with van der Waals surface area (Å²) in [6, 6.07) is 13.5. The third kappa shape index (κ3) is 4.27. The molecule has 0 aliphatic carbocycles. The Kier molecular flexibility index (Phi) is 5.44. The molecule has 0 heterocycles. The quantitative estimate of drug-likeness (QED) is 0.834. The first-order valence-electron chi connectivity index (χ1n) is 7.00. The van der Waals surface area contributed by atoms with Crippen LogP contribution in [-0.2, 0) is 17.9 Å². The molecule has 0 aromatic heterocycles. The fraction of sp³-hybridized carbons (Fsp3) is 0.167. The zero-order chi connectivity index (χ0) is 15.9. The summed E-state index contributed by atoms with van der Waals surface area (Å²) in [5.41, 5.74) is 3.02. The number of nitrogens with one attached hydrogen (secondary N) is 1. The molecular weight excluding hydrogens is 281 g/mol. The molecule has 0 saturated carbocycles. The number of allylic oxidation sites excluding steroid dienone is 1. The molecule has 0 aliphatic heterocycles. The molecule has 0 atom stereocenters. The Labute approximate surface area is 129 Å². The molecule has 3 nitrogen and oxygen atoms in total. The summed E-state index contributed by atoms with van der Waals surface area (Å²) in [5.74, 6) is -0.586. The summed E-state index contributed by atoms with van der Waals surface area (Å²) in [7, 11) is 0. The van der Waals surface area contributed by atoms with Gasteiger partial charge in [0.15, 0.2) is 0 Å². The Morgan fingerprint density at radius 3 is 2.59 bits per heavy atom. The third-order valence-corrected chi connectivity index (χ3v) is 3.37. The maximum absolute atomic E-state index is 13.2. The van der Waals surface area contributed by atoms with Crippen LogP contribution in [0.2, 0.25) is 0 Å². The van der Waals surface area contributed by atoms with Gasteiger partial charge in [-0.15, -0.1) is 0 Å². The molecule has 4 heteroatoms. The first-order valence-corrected chi connectivity index (χ1v) is 7.00. The van der Waals surface area contributed by atoms with Gasteiger partial charge in [0.1, 0.15) is 5.82 Å². The number of aliphatic hydroxyl groups is 1. The molecule has 0 unspecified atom stereocenters. The van der Waals surface area contributed by atoms with E-state index in [-0.39, 0.29) is 18.3 Å². The van der Waals surface area contributed by atoms with Crippen LogP contribution in [0.3, 0.4) is 0 Å². The van der Waals surface area contributed by atoms with Crippen LogP contribution in [0.5, 0.6) is 0 Å². The number of rotatable bonds is 5. The lowest BCUT2D eigenvalue weighted by Gasteiger charge is -2.08. The number of carbonyl (C=O) groups is 1. The molecule has 0 bridgehead atoms. The van der Waals surface area contributed by atoms with Gasteiger partial charge in [-0.3, -0.25) is 4.79 Å². The molecule has 0 aliphatic rings. The van der Waals surface area contributed by atoms with Crippen LogP contribution in [0.1, 0.15) is 23.6 Å². The second kappa shape index (κ2) is 7.52. The lowest BCUT2D eigenvalue weighted by molar-refractivity contribution is -0.116. The third-order valence-electron chi connectivity index (χ3n) is 3.37. The summed E-state index contributed by atoms with van der Waals surface area (Å²) >= 11 is 0. The molecular formula is C18H18FNO2. The summed E-state index contributed by atoms with van der Waals surface area (Å²) < 4.78 is 13.2. The number of aliphatic hydroxyl groups excluding tert-OH is 1. The van der Waals surface area contributed by atoms with Gasteiger partial charge in [0, 0.05) is 12.6 Å². The molecule has 0 fully saturated rings. The zero-order valence-electron chi connectivity index (χ0n) is 12.3. The van der Waals surface area contributed by atoms with Crippen molar-refractivity contribution in [2.24, 2.45) is 0 Å². The highest BCUT2D eigenvalue weighted by molar-refractivity contribution is 5.94. The van der Waals surface area contributed by atoms with Gasteiger partial charge < -0.3 is 10.4 Å². The van der Waals surface area contributed by atoms with Crippen molar-refractivity contribution in [2.75, 3.05) is 0 Å². The predicted octanol–water partition coefficient (Wildman–Crippen LogP) is 3.04. The zero-order valence-corrected chi connectivity index (χ0v) is 12.3. The minimum absolute atomic E-state index is 0.0653. The van der Waals surface area contributed by atoms with E-state index >= 15 is 0 Å². The van der Waals surface area contributed by atoms with Gasteiger partial charge in [0.2, 0.25) is 5.91 Å². The van der Waals surface area contributed by atoms with Gasteiger partial charge >= 0.3 is 0 Å². The van der Waals surface area contributed by atoms with Crippen molar-refractivity contribution in [3.05, 3.63) is 77.1 Å². The Bertz CT molecular complexity index is 695. The van der Waals surface area contributed by atoms with E-state index in [9.17, 15) is 14.3 Å². The van der Waals surface area contributed by atoms with E-state index in [0.717, 1.165) is 11.1 Å². The van der Waals surface area contributed by atoms with Crippen LogP contribution in [0, 0.1) is 5.82 Å². The summed E-state index contributed by atoms with van der Waals surface area (Å²) in [4.78, 5) is 11.9. The molecule has 2 aromatic rings. The number of halogens is 1. The predicted molar refractivity (Wildman–Crippen MR) is 84.3 cm³/mol. The van der Waals surface area contributed by atoms with E-state index in [4.69, 9.17) is 0 Å². The normalized spacial score (nSPS) is 11.3. The van der Waals surface area contributed by atoms with Gasteiger partial charge in [-0.05, 0) is 41.3 Å². The fourth-order valence-electron chi connectivity index (χ4n) is 2.13. The number of benzene rings is 2. The standard InChI is InChI=1S/C18H18FNO2/c1-13(14-7-4-8-17(19)10-14)9-18(22)20-11-15-5-2-3-6-16(15)12-21/h2-10,21H,11-12H2,1H3,(H,20,22)/b13-9-. The van der Waals surface area contributed by atoms with E-state index in [0.29, 0.717) is 17.7 Å². The first-order chi connectivity index (χ1) is 10.6. The topological polar surface area (TPSA) is 49.3 Å². The maximum Gasteiger partial charge on any atom is 0.244 e. The highest BCUT2D eigenvalue weighted by Gasteiger charge is 2.04. The number of hydrogen-bond donors (Lipinski definition) is 2. The second-order valence-electron chi connectivity index (χ2n) is 4.98. The number of carbonyl (C=O) groups excluding carboxylic acids is 1. The van der Waals surface area contributed by atoms with Crippen molar-refractivity contribution < 1.29 is 14.3 Å². The maximum atomic E-state index is 13.2. The van der Waals surface area contributed by atoms with Crippen molar-refractivity contribution in [3.63, 3.8) is 0 Å². The summed E-state index contributed by atoms with van der Waals surface area (Å²) in [6.45, 7) is 2.03. The van der Waals surface area contributed by atoms with Crippen molar-refractivity contribution in [1.82, 2.24) is 5.32 Å². The number of amides is 1. The largest absolute Gasteiger partial charge is 0.392 e. The van der Waals surface area contributed by atoms with Crippen molar-refractivity contribution in [1.29, 1.82) is 0 Å². The fourth-order valence-corrected chi connectivity index (χ4v) is 2.13. The van der Waals surface area contributed by atoms with E-state index in [1.807, 2.05) is 24.3 Å². The SMILES string of the molecule is C/C(=C/C(=O)NCc1ccccc1CO)c1cccc(F)c1. The lowest BCUT2D eigenvalue weighted by Crippen LogP contribution is -2.21. The monoisotopic (exact) mass is 299 g/mol. The average molecular weight is 299 g/mol. The van der Waals surface area contributed by atoms with E-state index < -0.39 is 0 Å². The van der Waals surface area contributed by atoms with Crippen LogP contribution in [0.15, 0.2) is 54.6 Å². The highest BCUT2D eigenvalue weighted by atomic mass is 19.1. The van der Waals surface area contributed by atoms with E-state index in [1.165, 1.54) is 18.2 Å². The van der Waals surface area contributed by atoms with Gasteiger partial charge in [0.05, 0.1) is 6.61 Å². The van der Waals surface area contributed by atoms with Gasteiger partial charge in [0.25, 0.3) is 0 Å². The molecule has 0 radical (unpaired) electrons. The highest BCUT2D eigenvalue weighted by Crippen LogP contribution is 2.14. The Balaban J connectivity index is 2.02. The second-order valence-corrected chi connectivity index (χ2v) is 4.98. The van der Waals surface area contributed by atoms with Crippen LogP contribution >= 0.6 is 0 Å². The summed E-state index contributed by atoms with van der Waals surface area (Å²) in [5, 5.41) is 12.0.